The van der Waals surface area contributed by atoms with Crippen LogP contribution in [0.2, 0.25) is 0 Å². The largest absolute Gasteiger partial charge is 0.417 e. The number of fused-ring (bicyclic) bond motifs is 1. The molecule has 8 nitrogen and oxygen atoms in total. The van der Waals surface area contributed by atoms with Crippen molar-refractivity contribution in [3.05, 3.63) is 58.8 Å². The number of benzene rings is 2. The highest BCUT2D eigenvalue weighted by Gasteiger charge is 2.26. The van der Waals surface area contributed by atoms with Gasteiger partial charge in [-0.25, -0.2) is 9.18 Å². The number of carbonyl (C=O) groups excluding carboxylic acids is 2. The summed E-state index contributed by atoms with van der Waals surface area (Å²) in [5.41, 5.74) is 2.03. The van der Waals surface area contributed by atoms with E-state index < -0.39 is 17.6 Å². The highest BCUT2D eigenvalue weighted by molar-refractivity contribution is 6.39. The van der Waals surface area contributed by atoms with Crippen molar-refractivity contribution in [2.24, 2.45) is 0 Å². The minimum atomic E-state index is -0.757. The number of aromatic nitrogens is 1. The van der Waals surface area contributed by atoms with E-state index in [1.807, 2.05) is 4.90 Å². The van der Waals surface area contributed by atoms with E-state index in [9.17, 15) is 18.8 Å². The quantitative estimate of drug-likeness (QED) is 0.653. The summed E-state index contributed by atoms with van der Waals surface area (Å²) in [6.07, 6.45) is 0. The molecule has 1 aliphatic heterocycles. The van der Waals surface area contributed by atoms with E-state index in [-0.39, 0.29) is 5.82 Å². The van der Waals surface area contributed by atoms with Crippen LogP contribution in [0, 0.1) is 5.82 Å². The Morgan fingerprint density at radius 2 is 1.75 bits per heavy atom. The molecule has 0 atom stereocenters. The van der Waals surface area contributed by atoms with Gasteiger partial charge in [0, 0.05) is 43.6 Å². The van der Waals surface area contributed by atoms with Gasteiger partial charge in [-0.15, -0.1) is 0 Å². The topological polar surface area (TPSA) is 98.6 Å². The fraction of sp³-hybridized carbons (Fsp3) is 0.211. The van der Waals surface area contributed by atoms with Crippen molar-refractivity contribution in [1.29, 1.82) is 0 Å². The molecule has 0 unspecified atom stereocenters. The molecule has 3 aromatic rings. The Kier molecular flexibility index (Phi) is 4.56. The molecule has 0 saturated carbocycles. The van der Waals surface area contributed by atoms with Crippen molar-refractivity contribution in [2.75, 3.05) is 36.4 Å². The molecule has 1 aromatic heterocycles. The normalized spacial score (nSPS) is 14.3. The zero-order valence-corrected chi connectivity index (χ0v) is 14.8. The lowest BCUT2D eigenvalue weighted by Gasteiger charge is -2.35. The molecule has 2 N–H and O–H groups in total. The van der Waals surface area contributed by atoms with Gasteiger partial charge in [0.15, 0.2) is 5.58 Å². The maximum atomic E-state index is 13.0. The molecular formula is C19H17FN4O4. The molecule has 4 rings (SSSR count). The summed E-state index contributed by atoms with van der Waals surface area (Å²) in [7, 11) is 0. The zero-order valence-electron chi connectivity index (χ0n) is 14.8. The summed E-state index contributed by atoms with van der Waals surface area (Å²) in [4.78, 5) is 41.9. The van der Waals surface area contributed by atoms with Gasteiger partial charge >= 0.3 is 17.6 Å². The van der Waals surface area contributed by atoms with Crippen LogP contribution in [0.3, 0.4) is 0 Å². The van der Waals surface area contributed by atoms with Gasteiger partial charge in [0.1, 0.15) is 5.82 Å². The summed E-state index contributed by atoms with van der Waals surface area (Å²) in [6.45, 7) is 1.86. The highest BCUT2D eigenvalue weighted by atomic mass is 19.1. The third-order valence-corrected chi connectivity index (χ3v) is 4.63. The van der Waals surface area contributed by atoms with Crippen molar-refractivity contribution in [3.8, 4) is 0 Å². The smallest absolute Gasteiger partial charge is 0.408 e. The molecule has 28 heavy (non-hydrogen) atoms. The Hall–Kier alpha value is -3.62. The molecule has 0 aliphatic carbocycles. The second-order valence-corrected chi connectivity index (χ2v) is 6.44. The first-order valence-corrected chi connectivity index (χ1v) is 8.73. The third kappa shape index (κ3) is 3.59. The number of anilines is 2. The average Bonchev–Trinajstić information content (AvgIpc) is 3.07. The molecule has 0 spiro atoms. The number of oxazole rings is 1. The van der Waals surface area contributed by atoms with Crippen LogP contribution in [0.1, 0.15) is 0 Å². The molecule has 2 heterocycles. The van der Waals surface area contributed by atoms with Crippen LogP contribution < -0.4 is 16.0 Å². The Labute approximate surface area is 158 Å². The Morgan fingerprint density at radius 1 is 1.04 bits per heavy atom. The molecule has 9 heteroatoms. The van der Waals surface area contributed by atoms with Crippen LogP contribution in [0.15, 0.2) is 51.7 Å². The minimum Gasteiger partial charge on any atom is -0.408 e. The fourth-order valence-electron chi connectivity index (χ4n) is 3.17. The summed E-state index contributed by atoms with van der Waals surface area (Å²) >= 11 is 0. The number of piperazine rings is 1. The number of nitrogens with one attached hydrogen (secondary N) is 2. The van der Waals surface area contributed by atoms with E-state index >= 15 is 0 Å². The summed E-state index contributed by atoms with van der Waals surface area (Å²) in [5.74, 6) is -2.28. The Bertz CT molecular complexity index is 1080. The molecule has 2 aromatic carbocycles. The Balaban J connectivity index is 1.36. The number of rotatable bonds is 2. The van der Waals surface area contributed by atoms with Crippen LogP contribution in [-0.2, 0) is 9.59 Å². The van der Waals surface area contributed by atoms with Gasteiger partial charge in [0.25, 0.3) is 0 Å². The van der Waals surface area contributed by atoms with Gasteiger partial charge in [-0.1, -0.05) is 0 Å². The second-order valence-electron chi connectivity index (χ2n) is 6.44. The van der Waals surface area contributed by atoms with Gasteiger partial charge in [-0.05, 0) is 36.4 Å². The van der Waals surface area contributed by atoms with E-state index in [1.165, 1.54) is 23.1 Å². The number of nitrogens with zero attached hydrogens (tertiary/aromatic N) is 2. The lowest BCUT2D eigenvalue weighted by atomic mass is 10.2. The highest BCUT2D eigenvalue weighted by Crippen LogP contribution is 2.18. The molecule has 1 aliphatic rings. The van der Waals surface area contributed by atoms with Gasteiger partial charge in [0.2, 0.25) is 0 Å². The van der Waals surface area contributed by atoms with Crippen molar-refractivity contribution in [2.45, 2.75) is 0 Å². The zero-order chi connectivity index (χ0) is 19.7. The summed E-state index contributed by atoms with van der Waals surface area (Å²) in [5, 5.41) is 2.53. The minimum absolute atomic E-state index is 0.295. The van der Waals surface area contributed by atoms with Crippen LogP contribution >= 0.6 is 0 Å². The molecule has 144 valence electrons. The number of hydrogen-bond acceptors (Lipinski definition) is 5. The second kappa shape index (κ2) is 7.18. The number of aromatic amines is 1. The van der Waals surface area contributed by atoms with Gasteiger partial charge in [-0.3, -0.25) is 14.6 Å². The molecule has 0 bridgehead atoms. The number of hydrogen-bond donors (Lipinski definition) is 2. The van der Waals surface area contributed by atoms with Crippen molar-refractivity contribution >= 4 is 34.3 Å². The molecule has 1 saturated heterocycles. The van der Waals surface area contributed by atoms with E-state index in [0.29, 0.717) is 43.0 Å². The van der Waals surface area contributed by atoms with Gasteiger partial charge in [-0.2, -0.15) is 0 Å². The maximum absolute atomic E-state index is 13.0. The summed E-state index contributed by atoms with van der Waals surface area (Å²) < 4.78 is 18.0. The van der Waals surface area contributed by atoms with Crippen LogP contribution in [0.25, 0.3) is 11.1 Å². The monoisotopic (exact) mass is 384 g/mol. The van der Waals surface area contributed by atoms with E-state index in [1.54, 1.807) is 24.3 Å². The number of carbonyl (C=O) groups is 2. The van der Waals surface area contributed by atoms with Gasteiger partial charge in [0.05, 0.1) is 5.52 Å². The average molecular weight is 384 g/mol. The summed E-state index contributed by atoms with van der Waals surface area (Å²) in [6, 6.07) is 10.8. The predicted molar refractivity (Wildman–Crippen MR) is 101 cm³/mol. The first-order chi connectivity index (χ1) is 13.5. The first kappa shape index (κ1) is 17.8. The fourth-order valence-corrected chi connectivity index (χ4v) is 3.17. The molecular weight excluding hydrogens is 367 g/mol. The molecule has 1 fully saturated rings. The van der Waals surface area contributed by atoms with E-state index in [2.05, 4.69) is 10.3 Å². The van der Waals surface area contributed by atoms with Crippen molar-refractivity contribution in [3.63, 3.8) is 0 Å². The molecule has 2 amide bonds. The molecule has 0 radical (unpaired) electrons. The third-order valence-electron chi connectivity index (χ3n) is 4.63. The van der Waals surface area contributed by atoms with E-state index in [0.717, 1.165) is 5.69 Å². The number of amides is 2. The van der Waals surface area contributed by atoms with Crippen LogP contribution in [0.5, 0.6) is 0 Å². The van der Waals surface area contributed by atoms with Crippen LogP contribution in [-0.4, -0.2) is 47.9 Å². The maximum Gasteiger partial charge on any atom is 0.417 e. The van der Waals surface area contributed by atoms with Crippen LogP contribution in [0.4, 0.5) is 15.8 Å². The van der Waals surface area contributed by atoms with Crippen molar-refractivity contribution < 1.29 is 18.4 Å². The van der Waals surface area contributed by atoms with Gasteiger partial charge < -0.3 is 19.5 Å². The first-order valence-electron chi connectivity index (χ1n) is 8.73. The Morgan fingerprint density at radius 3 is 2.46 bits per heavy atom. The lowest BCUT2D eigenvalue weighted by molar-refractivity contribution is -0.143. The van der Waals surface area contributed by atoms with Crippen molar-refractivity contribution in [1.82, 2.24) is 9.88 Å². The standard InChI is InChI=1S/C19H17FN4O4/c20-12-1-4-14(5-2-12)23-7-9-24(10-8-23)18(26)17(25)21-13-3-6-15-16(11-13)28-19(27)22-15/h1-6,11H,7-10H2,(H,21,25)(H,22,27). The SMILES string of the molecule is O=C(Nc1ccc2[nH]c(=O)oc2c1)C(=O)N1CCN(c2ccc(F)cc2)CC1. The van der Waals surface area contributed by atoms with E-state index in [4.69, 9.17) is 4.42 Å². The number of H-pyrrole nitrogens is 1. The predicted octanol–water partition coefficient (Wildman–Crippen LogP) is 1.55. The number of halogens is 1. The lowest BCUT2D eigenvalue weighted by Crippen LogP contribution is -2.51.